The van der Waals surface area contributed by atoms with Crippen LogP contribution in [0.2, 0.25) is 0 Å². The van der Waals surface area contributed by atoms with Crippen molar-refractivity contribution in [2.75, 3.05) is 13.7 Å². The fraction of sp³-hybridized carbons (Fsp3) is 0.484. The first-order valence-electron chi connectivity index (χ1n) is 14.8. The number of carbonyl (C=O) groups excluding carboxylic acids is 2. The third-order valence-electron chi connectivity index (χ3n) is 8.65. The lowest BCUT2D eigenvalue weighted by molar-refractivity contribution is -0.130. The third kappa shape index (κ3) is 5.68. The molecule has 13 heteroatoms. The molecule has 2 aliphatic carbocycles. The van der Waals surface area contributed by atoms with Crippen LogP contribution in [0.4, 0.5) is 0 Å². The molecule has 0 spiro atoms. The molecular formula is C31H37N5O6S2. The number of thiazole rings is 1. The molecule has 6 rings (SSSR count). The maximum atomic E-state index is 13.4. The average molecular weight is 640 g/mol. The number of sulfonamides is 1. The van der Waals surface area contributed by atoms with Crippen molar-refractivity contribution in [3.05, 3.63) is 47.5 Å². The Morgan fingerprint density at radius 3 is 2.64 bits per heavy atom. The number of hydrogen-bond acceptors (Lipinski definition) is 10. The topological polar surface area (TPSA) is 149 Å². The zero-order valence-corrected chi connectivity index (χ0v) is 26.8. The summed E-state index contributed by atoms with van der Waals surface area (Å²) < 4.78 is 39.1. The quantitative estimate of drug-likeness (QED) is 0.268. The fourth-order valence-electron chi connectivity index (χ4n) is 5.67. The van der Waals surface area contributed by atoms with Crippen molar-refractivity contribution in [1.82, 2.24) is 25.3 Å². The molecule has 0 radical (unpaired) electrons. The van der Waals surface area contributed by atoms with E-state index in [1.165, 1.54) is 11.3 Å². The van der Waals surface area contributed by atoms with E-state index in [4.69, 9.17) is 19.4 Å². The Labute approximate surface area is 260 Å². The van der Waals surface area contributed by atoms with E-state index in [0.717, 1.165) is 32.9 Å². The normalized spacial score (nSPS) is 24.7. The van der Waals surface area contributed by atoms with E-state index in [0.29, 0.717) is 43.7 Å². The predicted octanol–water partition coefficient (Wildman–Crippen LogP) is 3.58. The average Bonchev–Trinajstić information content (AvgIpc) is 3.86. The SMILES string of the molecule is C=C[C@@H]1CC1(NC(=O)[C@@H]1C[C@@H](Oc2cc(-c3nc(C(C)C)cs3)nc3c(C)c(OC)ccc23)CN1)C(=O)NS(=O)(=O)C1CC1. The largest absolute Gasteiger partial charge is 0.496 e. The molecule has 44 heavy (non-hydrogen) atoms. The van der Waals surface area contributed by atoms with Crippen molar-refractivity contribution < 1.29 is 27.5 Å². The summed E-state index contributed by atoms with van der Waals surface area (Å²) in [5, 5.41) is 9.15. The third-order valence-corrected chi connectivity index (χ3v) is 11.4. The van der Waals surface area contributed by atoms with Crippen LogP contribution in [0.15, 0.2) is 36.2 Å². The van der Waals surface area contributed by atoms with Gasteiger partial charge in [0.15, 0.2) is 0 Å². The first kappa shape index (κ1) is 30.5. The first-order chi connectivity index (χ1) is 21.0. The second-order valence-corrected chi connectivity index (χ2v) is 15.0. The van der Waals surface area contributed by atoms with Crippen molar-refractivity contribution in [3.8, 4) is 22.2 Å². The van der Waals surface area contributed by atoms with Gasteiger partial charge in [0.25, 0.3) is 5.91 Å². The fourth-order valence-corrected chi connectivity index (χ4v) is 7.98. The molecule has 2 saturated carbocycles. The highest BCUT2D eigenvalue weighted by atomic mass is 32.2. The number of nitrogens with zero attached hydrogens (tertiary/aromatic N) is 2. The smallest absolute Gasteiger partial charge is 0.259 e. The molecule has 3 N–H and O–H groups in total. The summed E-state index contributed by atoms with van der Waals surface area (Å²) in [5.41, 5.74) is 2.00. The maximum absolute atomic E-state index is 13.4. The highest BCUT2D eigenvalue weighted by Gasteiger charge is 2.61. The molecule has 2 amide bonds. The highest BCUT2D eigenvalue weighted by molar-refractivity contribution is 7.91. The van der Waals surface area contributed by atoms with Crippen LogP contribution in [-0.4, -0.2) is 66.8 Å². The van der Waals surface area contributed by atoms with Gasteiger partial charge in [-0.2, -0.15) is 0 Å². The number of methoxy groups -OCH3 is 1. The number of hydrogen-bond donors (Lipinski definition) is 3. The van der Waals surface area contributed by atoms with Gasteiger partial charge in [0.1, 0.15) is 33.8 Å². The summed E-state index contributed by atoms with van der Waals surface area (Å²) in [6.45, 7) is 10.3. The molecule has 3 aliphatic rings. The molecule has 3 fully saturated rings. The van der Waals surface area contributed by atoms with Crippen LogP contribution >= 0.6 is 11.3 Å². The molecule has 1 aromatic carbocycles. The number of rotatable bonds is 11. The predicted molar refractivity (Wildman–Crippen MR) is 168 cm³/mol. The van der Waals surface area contributed by atoms with Crippen LogP contribution in [0.1, 0.15) is 56.7 Å². The van der Waals surface area contributed by atoms with Gasteiger partial charge in [-0.05, 0) is 44.2 Å². The summed E-state index contributed by atoms with van der Waals surface area (Å²) >= 11 is 1.53. The number of amides is 2. The zero-order chi connectivity index (χ0) is 31.4. The van der Waals surface area contributed by atoms with Gasteiger partial charge in [-0.1, -0.05) is 19.9 Å². The second kappa shape index (κ2) is 11.4. The van der Waals surface area contributed by atoms with E-state index >= 15 is 0 Å². The molecule has 234 valence electrons. The monoisotopic (exact) mass is 639 g/mol. The first-order valence-corrected chi connectivity index (χ1v) is 17.2. The Balaban J connectivity index is 1.20. The molecule has 2 aromatic heterocycles. The number of nitrogens with one attached hydrogen (secondary N) is 3. The summed E-state index contributed by atoms with van der Waals surface area (Å²) in [6.07, 6.45) is 2.95. The van der Waals surface area contributed by atoms with Gasteiger partial charge in [-0.25, -0.2) is 18.4 Å². The van der Waals surface area contributed by atoms with E-state index in [2.05, 4.69) is 35.8 Å². The number of carbonyl (C=O) groups is 2. The highest BCUT2D eigenvalue weighted by Crippen LogP contribution is 2.45. The van der Waals surface area contributed by atoms with Gasteiger partial charge in [0.05, 0.1) is 29.6 Å². The van der Waals surface area contributed by atoms with E-state index < -0.39 is 32.8 Å². The van der Waals surface area contributed by atoms with Crippen LogP contribution < -0.4 is 24.8 Å². The number of fused-ring (bicyclic) bond motifs is 1. The minimum Gasteiger partial charge on any atom is -0.496 e. The van der Waals surface area contributed by atoms with E-state index in [1.54, 1.807) is 13.2 Å². The zero-order valence-electron chi connectivity index (χ0n) is 25.2. The summed E-state index contributed by atoms with van der Waals surface area (Å²) in [4.78, 5) is 36.2. The Kier molecular flexibility index (Phi) is 7.91. The molecule has 0 bridgehead atoms. The molecule has 3 heterocycles. The minimum atomic E-state index is -3.75. The molecule has 1 saturated heterocycles. The summed E-state index contributed by atoms with van der Waals surface area (Å²) in [5.74, 6) is 0.186. The maximum Gasteiger partial charge on any atom is 0.259 e. The number of benzene rings is 1. The van der Waals surface area contributed by atoms with Gasteiger partial charge < -0.3 is 20.1 Å². The van der Waals surface area contributed by atoms with Gasteiger partial charge in [0.2, 0.25) is 15.9 Å². The molecule has 3 aromatic rings. The van der Waals surface area contributed by atoms with Gasteiger partial charge in [-0.15, -0.1) is 17.9 Å². The lowest BCUT2D eigenvalue weighted by atomic mass is 10.1. The Morgan fingerprint density at radius 2 is 2.00 bits per heavy atom. The van der Waals surface area contributed by atoms with E-state index in [-0.39, 0.29) is 23.8 Å². The van der Waals surface area contributed by atoms with Crippen molar-refractivity contribution >= 4 is 44.1 Å². The number of ether oxygens (including phenoxy) is 2. The lowest BCUT2D eigenvalue weighted by Crippen LogP contribution is -2.55. The molecule has 4 atom stereocenters. The number of aromatic nitrogens is 2. The summed E-state index contributed by atoms with van der Waals surface area (Å²) in [6, 6.07) is 5.07. The van der Waals surface area contributed by atoms with Crippen molar-refractivity contribution in [3.63, 3.8) is 0 Å². The van der Waals surface area contributed by atoms with Crippen molar-refractivity contribution in [2.45, 2.75) is 75.3 Å². The van der Waals surface area contributed by atoms with Crippen LogP contribution in [0.5, 0.6) is 11.5 Å². The molecule has 11 nitrogen and oxygen atoms in total. The molecule has 1 aliphatic heterocycles. The molecular weight excluding hydrogens is 603 g/mol. The van der Waals surface area contributed by atoms with Crippen LogP contribution in [0.25, 0.3) is 21.6 Å². The Hall–Kier alpha value is -3.55. The van der Waals surface area contributed by atoms with E-state index in [9.17, 15) is 18.0 Å². The standard InChI is InChI=1S/C31H37N5O6S2/c1-6-18-13-31(18,30(38)36-44(39,40)20-7-8-20)35-28(37)22-11-19(14-32-22)42-26-12-23(29-34-24(15-43-29)16(2)3)33-27-17(4)25(41-5)10-9-21(26)27/h6,9-10,12,15-16,18-20,22,32H,1,7-8,11,13-14H2,2-5H3,(H,35,37)(H,36,38)/t18-,19-,22+,31?/m1/s1. The summed E-state index contributed by atoms with van der Waals surface area (Å²) in [7, 11) is -2.12. The van der Waals surface area contributed by atoms with Gasteiger partial charge in [0, 0.05) is 41.3 Å². The van der Waals surface area contributed by atoms with Gasteiger partial charge in [-0.3, -0.25) is 14.3 Å². The number of pyridine rings is 1. The lowest BCUT2D eigenvalue weighted by Gasteiger charge is -2.21. The number of aryl methyl sites for hydroxylation is 1. The Bertz CT molecular complexity index is 1750. The second-order valence-electron chi connectivity index (χ2n) is 12.1. The van der Waals surface area contributed by atoms with Crippen LogP contribution in [0.3, 0.4) is 0 Å². The Morgan fingerprint density at radius 1 is 1.23 bits per heavy atom. The van der Waals surface area contributed by atoms with Crippen LogP contribution in [-0.2, 0) is 19.6 Å². The van der Waals surface area contributed by atoms with Gasteiger partial charge >= 0.3 is 0 Å². The van der Waals surface area contributed by atoms with E-state index in [1.807, 2.05) is 30.5 Å². The molecule has 1 unspecified atom stereocenters. The van der Waals surface area contributed by atoms with Crippen molar-refractivity contribution in [1.29, 1.82) is 0 Å². The van der Waals surface area contributed by atoms with Crippen molar-refractivity contribution in [2.24, 2.45) is 5.92 Å². The van der Waals surface area contributed by atoms with Crippen LogP contribution in [0, 0.1) is 12.8 Å². The minimum absolute atomic E-state index is 0.288.